The van der Waals surface area contributed by atoms with Gasteiger partial charge in [-0.15, -0.1) is 0 Å². The smallest absolute Gasteiger partial charge is 0.359 e. The number of aromatic nitrogens is 1. The molecule has 9 nitrogen and oxygen atoms in total. The summed E-state index contributed by atoms with van der Waals surface area (Å²) < 4.78 is 22.0. The molecule has 1 aromatic heterocycles. The SMILES string of the molecule is CCOC(=O)c1c(O)c(O)c(C(=O)OCC)n1-c1ccc2c(c1)OCCO2. The number of carbonyl (C=O) groups excluding carboxylic acids is 2. The highest BCUT2D eigenvalue weighted by Crippen LogP contribution is 2.41. The van der Waals surface area contributed by atoms with Gasteiger partial charge in [0, 0.05) is 6.07 Å². The van der Waals surface area contributed by atoms with Crippen molar-refractivity contribution >= 4 is 11.9 Å². The lowest BCUT2D eigenvalue weighted by molar-refractivity contribution is 0.0507. The molecule has 0 radical (unpaired) electrons. The lowest BCUT2D eigenvalue weighted by atomic mass is 10.2. The summed E-state index contributed by atoms with van der Waals surface area (Å²) in [7, 11) is 0. The molecule has 2 heterocycles. The normalized spacial score (nSPS) is 12.5. The monoisotopic (exact) mass is 377 g/mol. The summed E-state index contributed by atoms with van der Waals surface area (Å²) in [5.74, 6) is -2.46. The van der Waals surface area contributed by atoms with Crippen molar-refractivity contribution in [2.45, 2.75) is 13.8 Å². The summed E-state index contributed by atoms with van der Waals surface area (Å²) in [6.07, 6.45) is 0. The number of aromatic hydroxyl groups is 2. The van der Waals surface area contributed by atoms with Gasteiger partial charge in [-0.25, -0.2) is 9.59 Å². The number of ether oxygens (including phenoxy) is 4. The molecular weight excluding hydrogens is 358 g/mol. The van der Waals surface area contributed by atoms with Crippen molar-refractivity contribution in [1.82, 2.24) is 4.57 Å². The van der Waals surface area contributed by atoms with Crippen molar-refractivity contribution in [1.29, 1.82) is 0 Å². The van der Waals surface area contributed by atoms with Gasteiger partial charge in [-0.3, -0.25) is 4.57 Å². The van der Waals surface area contributed by atoms with Gasteiger partial charge in [-0.2, -0.15) is 0 Å². The van der Waals surface area contributed by atoms with Gasteiger partial charge >= 0.3 is 11.9 Å². The van der Waals surface area contributed by atoms with Gasteiger partial charge in [0.1, 0.15) is 13.2 Å². The lowest BCUT2D eigenvalue weighted by Crippen LogP contribution is -2.18. The molecule has 1 aliphatic heterocycles. The fraction of sp³-hybridized carbons (Fsp3) is 0.333. The van der Waals surface area contributed by atoms with Crippen LogP contribution in [-0.4, -0.2) is 53.1 Å². The molecule has 0 amide bonds. The topological polar surface area (TPSA) is 116 Å². The Bertz CT molecular complexity index is 844. The zero-order valence-electron chi connectivity index (χ0n) is 14.9. The maximum atomic E-state index is 12.4. The highest BCUT2D eigenvalue weighted by molar-refractivity contribution is 6.00. The molecule has 0 spiro atoms. The van der Waals surface area contributed by atoms with Crippen LogP contribution in [0.5, 0.6) is 23.0 Å². The number of hydrogen-bond donors (Lipinski definition) is 2. The van der Waals surface area contributed by atoms with E-state index in [1.54, 1.807) is 26.0 Å². The first-order chi connectivity index (χ1) is 13.0. The molecule has 0 aliphatic carbocycles. The van der Waals surface area contributed by atoms with Crippen LogP contribution < -0.4 is 9.47 Å². The number of carbonyl (C=O) groups is 2. The molecule has 0 saturated carbocycles. The largest absolute Gasteiger partial charge is 0.503 e. The van der Waals surface area contributed by atoms with Gasteiger partial charge in [-0.1, -0.05) is 0 Å². The van der Waals surface area contributed by atoms with Crippen LogP contribution >= 0.6 is 0 Å². The summed E-state index contributed by atoms with van der Waals surface area (Å²) in [5.41, 5.74) is -0.510. The minimum absolute atomic E-state index is 0.0418. The molecule has 0 saturated heterocycles. The maximum absolute atomic E-state index is 12.4. The predicted octanol–water partition coefficient (Wildman–Crippen LogP) is 2.01. The highest BCUT2D eigenvalue weighted by atomic mass is 16.6. The minimum Gasteiger partial charge on any atom is -0.503 e. The third-order valence-electron chi connectivity index (χ3n) is 3.84. The van der Waals surface area contributed by atoms with E-state index >= 15 is 0 Å². The number of hydrogen-bond acceptors (Lipinski definition) is 8. The highest BCUT2D eigenvalue weighted by Gasteiger charge is 2.33. The van der Waals surface area contributed by atoms with Gasteiger partial charge < -0.3 is 29.2 Å². The van der Waals surface area contributed by atoms with Crippen LogP contribution in [0.2, 0.25) is 0 Å². The van der Waals surface area contributed by atoms with Crippen LogP contribution in [0.4, 0.5) is 0 Å². The number of benzene rings is 1. The second kappa shape index (κ2) is 7.48. The molecule has 3 rings (SSSR count). The molecule has 0 atom stereocenters. The molecule has 9 heteroatoms. The first-order valence-electron chi connectivity index (χ1n) is 8.40. The Morgan fingerprint density at radius 2 is 1.48 bits per heavy atom. The van der Waals surface area contributed by atoms with E-state index in [0.29, 0.717) is 24.7 Å². The molecule has 0 unspecified atom stereocenters. The summed E-state index contributed by atoms with van der Waals surface area (Å²) in [6, 6.07) is 4.68. The first kappa shape index (κ1) is 18.4. The first-order valence-corrected chi connectivity index (χ1v) is 8.40. The molecular formula is C18H19NO8. The fourth-order valence-corrected chi connectivity index (χ4v) is 2.75. The standard InChI is InChI=1S/C18H19NO8/c1-3-24-17(22)13-15(20)16(21)14(18(23)25-4-2)19(13)10-5-6-11-12(9-10)27-8-7-26-11/h5-6,9,20-21H,3-4,7-8H2,1-2H3. The molecule has 2 N–H and O–H groups in total. The Balaban J connectivity index is 2.23. The van der Waals surface area contributed by atoms with Gasteiger partial charge in [0.05, 0.1) is 18.9 Å². The van der Waals surface area contributed by atoms with E-state index in [9.17, 15) is 19.8 Å². The van der Waals surface area contributed by atoms with Crippen LogP contribution in [0, 0.1) is 0 Å². The fourth-order valence-electron chi connectivity index (χ4n) is 2.75. The number of rotatable bonds is 5. The van der Waals surface area contributed by atoms with Gasteiger partial charge in [0.25, 0.3) is 0 Å². The average Bonchev–Trinajstić information content (AvgIpc) is 2.93. The van der Waals surface area contributed by atoms with Gasteiger partial charge in [0.2, 0.25) is 0 Å². The second-order valence-electron chi connectivity index (χ2n) is 5.50. The molecule has 1 aromatic carbocycles. The Hall–Kier alpha value is -3.36. The van der Waals surface area contributed by atoms with Crippen molar-refractivity contribution < 1.29 is 38.7 Å². The van der Waals surface area contributed by atoms with Crippen molar-refractivity contribution in [3.63, 3.8) is 0 Å². The third kappa shape index (κ3) is 3.23. The van der Waals surface area contributed by atoms with Crippen molar-refractivity contribution in [3.05, 3.63) is 29.6 Å². The average molecular weight is 377 g/mol. The zero-order chi connectivity index (χ0) is 19.6. The van der Waals surface area contributed by atoms with E-state index < -0.39 is 34.8 Å². The summed E-state index contributed by atoms with van der Waals surface area (Å²) >= 11 is 0. The number of esters is 2. The van der Waals surface area contributed by atoms with E-state index in [4.69, 9.17) is 18.9 Å². The number of nitrogens with zero attached hydrogens (tertiary/aromatic N) is 1. The van der Waals surface area contributed by atoms with Crippen LogP contribution in [-0.2, 0) is 9.47 Å². The molecule has 27 heavy (non-hydrogen) atoms. The summed E-state index contributed by atoms with van der Waals surface area (Å²) in [4.78, 5) is 24.7. The van der Waals surface area contributed by atoms with Crippen LogP contribution in [0.15, 0.2) is 18.2 Å². The van der Waals surface area contributed by atoms with Crippen LogP contribution in [0.25, 0.3) is 5.69 Å². The quantitative estimate of drug-likeness (QED) is 0.760. The van der Waals surface area contributed by atoms with E-state index in [1.807, 2.05) is 0 Å². The summed E-state index contributed by atoms with van der Waals surface area (Å²) in [5, 5.41) is 20.6. The van der Waals surface area contributed by atoms with Crippen molar-refractivity contribution in [3.8, 4) is 28.7 Å². The Morgan fingerprint density at radius 1 is 0.963 bits per heavy atom. The molecule has 0 bridgehead atoms. The van der Waals surface area contributed by atoms with E-state index in [-0.39, 0.29) is 18.9 Å². The third-order valence-corrected chi connectivity index (χ3v) is 3.84. The van der Waals surface area contributed by atoms with Gasteiger partial charge in [0.15, 0.2) is 34.4 Å². The van der Waals surface area contributed by atoms with E-state index in [1.165, 1.54) is 6.07 Å². The lowest BCUT2D eigenvalue weighted by Gasteiger charge is -2.20. The Labute approximate surface area is 154 Å². The second-order valence-corrected chi connectivity index (χ2v) is 5.50. The maximum Gasteiger partial charge on any atom is 0.359 e. The molecule has 144 valence electrons. The van der Waals surface area contributed by atoms with Crippen LogP contribution in [0.3, 0.4) is 0 Å². The van der Waals surface area contributed by atoms with Crippen LogP contribution in [0.1, 0.15) is 34.8 Å². The minimum atomic E-state index is -0.907. The number of fused-ring (bicyclic) bond motifs is 1. The van der Waals surface area contributed by atoms with E-state index in [0.717, 1.165) is 4.57 Å². The molecule has 0 fully saturated rings. The van der Waals surface area contributed by atoms with Gasteiger partial charge in [-0.05, 0) is 26.0 Å². The summed E-state index contributed by atoms with van der Waals surface area (Å²) in [6.45, 7) is 4.02. The Morgan fingerprint density at radius 3 is 2.00 bits per heavy atom. The van der Waals surface area contributed by atoms with Crippen molar-refractivity contribution in [2.24, 2.45) is 0 Å². The molecule has 2 aromatic rings. The molecule has 1 aliphatic rings. The Kier molecular flexibility index (Phi) is 5.11. The zero-order valence-corrected chi connectivity index (χ0v) is 14.9. The predicted molar refractivity (Wildman–Crippen MR) is 92.0 cm³/mol. The van der Waals surface area contributed by atoms with E-state index in [2.05, 4.69) is 0 Å². The van der Waals surface area contributed by atoms with Crippen molar-refractivity contribution in [2.75, 3.05) is 26.4 Å².